The Hall–Kier alpha value is -1.83. The topological polar surface area (TPSA) is 28.7 Å². The molecule has 94 valence electrons. The molecule has 0 aliphatic carbocycles. The van der Waals surface area contributed by atoms with Crippen LogP contribution in [-0.2, 0) is 0 Å². The van der Waals surface area contributed by atoms with Crippen LogP contribution < -0.4 is 0 Å². The van der Waals surface area contributed by atoms with E-state index in [-0.39, 0.29) is 0 Å². The lowest BCUT2D eigenvalue weighted by atomic mass is 10.1. The highest BCUT2D eigenvalue weighted by molar-refractivity contribution is 6.07. The van der Waals surface area contributed by atoms with Crippen LogP contribution in [0.25, 0.3) is 21.8 Å². The van der Waals surface area contributed by atoms with Crippen LogP contribution in [0.2, 0.25) is 0 Å². The largest absolute Gasteiger partial charge is 0.353 e. The molecule has 0 saturated heterocycles. The van der Waals surface area contributed by atoms with Crippen molar-refractivity contribution in [2.24, 2.45) is 0 Å². The van der Waals surface area contributed by atoms with E-state index in [0.717, 1.165) is 5.69 Å². The van der Waals surface area contributed by atoms with Gasteiger partial charge >= 0.3 is 0 Å². The molecular formula is C16H20N2. The summed E-state index contributed by atoms with van der Waals surface area (Å²) in [6.07, 6.45) is 1.90. The zero-order valence-electron chi connectivity index (χ0n) is 11.5. The van der Waals surface area contributed by atoms with Crippen LogP contribution in [0, 0.1) is 0 Å². The van der Waals surface area contributed by atoms with E-state index in [1.807, 2.05) is 20.0 Å². The van der Waals surface area contributed by atoms with Crippen molar-refractivity contribution in [1.82, 2.24) is 9.97 Å². The lowest BCUT2D eigenvalue weighted by Crippen LogP contribution is -1.92. The maximum Gasteiger partial charge on any atom is 0.0686 e. The summed E-state index contributed by atoms with van der Waals surface area (Å²) in [6, 6.07) is 10.5. The first-order valence-corrected chi connectivity index (χ1v) is 6.62. The molecule has 0 unspecified atom stereocenters. The van der Waals surface area contributed by atoms with E-state index < -0.39 is 0 Å². The summed E-state index contributed by atoms with van der Waals surface area (Å²) in [5, 5.41) is 2.55. The standard InChI is InChI=1S/C14H14N2.C2H6/c1-9(2)13-14-11(7-8-15-13)10-5-3-4-6-12(10)16-14;1-2/h3-9,16H,1-2H3;1-2H3. The minimum atomic E-state index is 0.441. The van der Waals surface area contributed by atoms with E-state index in [2.05, 4.69) is 54.1 Å². The second-order valence-electron chi connectivity index (χ2n) is 4.44. The van der Waals surface area contributed by atoms with Gasteiger partial charge in [0.1, 0.15) is 0 Å². The molecule has 0 saturated carbocycles. The Morgan fingerprint density at radius 1 is 1.00 bits per heavy atom. The van der Waals surface area contributed by atoms with Gasteiger partial charge in [-0.25, -0.2) is 0 Å². The van der Waals surface area contributed by atoms with Gasteiger partial charge in [0.2, 0.25) is 0 Å². The predicted octanol–water partition coefficient (Wildman–Crippen LogP) is 4.87. The van der Waals surface area contributed by atoms with Crippen LogP contribution in [0.15, 0.2) is 36.5 Å². The summed E-state index contributed by atoms with van der Waals surface area (Å²) in [5.41, 5.74) is 3.51. The summed E-state index contributed by atoms with van der Waals surface area (Å²) >= 11 is 0. The fourth-order valence-electron chi connectivity index (χ4n) is 2.23. The molecule has 0 spiro atoms. The highest BCUT2D eigenvalue weighted by Gasteiger charge is 2.10. The van der Waals surface area contributed by atoms with Gasteiger partial charge in [0.25, 0.3) is 0 Å². The van der Waals surface area contributed by atoms with Gasteiger partial charge in [-0.2, -0.15) is 0 Å². The number of pyridine rings is 1. The van der Waals surface area contributed by atoms with Crippen molar-refractivity contribution in [1.29, 1.82) is 0 Å². The highest BCUT2D eigenvalue weighted by Crippen LogP contribution is 2.29. The molecular weight excluding hydrogens is 220 g/mol. The van der Waals surface area contributed by atoms with E-state index in [1.165, 1.54) is 21.8 Å². The molecule has 3 aromatic rings. The van der Waals surface area contributed by atoms with Gasteiger partial charge < -0.3 is 4.98 Å². The molecule has 0 aliphatic heterocycles. The van der Waals surface area contributed by atoms with Crippen molar-refractivity contribution >= 4 is 21.8 Å². The molecule has 2 aromatic heterocycles. The van der Waals surface area contributed by atoms with E-state index in [9.17, 15) is 0 Å². The number of hydrogen-bond donors (Lipinski definition) is 1. The number of nitrogens with zero attached hydrogens (tertiary/aromatic N) is 1. The molecule has 1 N–H and O–H groups in total. The third-order valence-corrected chi connectivity index (χ3v) is 3.00. The predicted molar refractivity (Wildman–Crippen MR) is 79.0 cm³/mol. The van der Waals surface area contributed by atoms with Gasteiger partial charge in [0.05, 0.1) is 11.2 Å². The Morgan fingerprint density at radius 2 is 1.72 bits per heavy atom. The number of benzene rings is 1. The van der Waals surface area contributed by atoms with Crippen molar-refractivity contribution in [2.75, 3.05) is 0 Å². The molecule has 2 nitrogen and oxygen atoms in total. The second-order valence-corrected chi connectivity index (χ2v) is 4.44. The maximum absolute atomic E-state index is 4.47. The Kier molecular flexibility index (Phi) is 3.66. The Labute approximate surface area is 108 Å². The number of para-hydroxylation sites is 1. The third kappa shape index (κ3) is 1.99. The number of fused-ring (bicyclic) bond motifs is 3. The zero-order chi connectivity index (χ0) is 13.1. The van der Waals surface area contributed by atoms with Gasteiger partial charge in [-0.05, 0) is 18.1 Å². The summed E-state index contributed by atoms with van der Waals surface area (Å²) in [5.74, 6) is 0.441. The summed E-state index contributed by atoms with van der Waals surface area (Å²) in [4.78, 5) is 7.94. The van der Waals surface area contributed by atoms with Gasteiger partial charge in [0, 0.05) is 22.5 Å². The molecule has 0 aliphatic rings. The number of aromatic nitrogens is 2. The number of H-pyrrole nitrogens is 1. The Balaban J connectivity index is 0.000000574. The highest BCUT2D eigenvalue weighted by atomic mass is 14.8. The van der Waals surface area contributed by atoms with Crippen LogP contribution in [0.4, 0.5) is 0 Å². The van der Waals surface area contributed by atoms with Gasteiger partial charge in [-0.3, -0.25) is 4.98 Å². The lowest BCUT2D eigenvalue weighted by molar-refractivity contribution is 0.832. The van der Waals surface area contributed by atoms with Gasteiger partial charge in [-0.15, -0.1) is 0 Å². The summed E-state index contributed by atoms with van der Waals surface area (Å²) in [7, 11) is 0. The Bertz CT molecular complexity index is 650. The molecule has 0 atom stereocenters. The molecule has 2 heteroatoms. The molecule has 0 bridgehead atoms. The van der Waals surface area contributed by atoms with E-state index >= 15 is 0 Å². The van der Waals surface area contributed by atoms with Crippen LogP contribution in [0.1, 0.15) is 39.3 Å². The number of hydrogen-bond acceptors (Lipinski definition) is 1. The fraction of sp³-hybridized carbons (Fsp3) is 0.312. The zero-order valence-corrected chi connectivity index (χ0v) is 11.5. The maximum atomic E-state index is 4.47. The van der Waals surface area contributed by atoms with E-state index in [1.54, 1.807) is 0 Å². The molecule has 0 fully saturated rings. The molecule has 0 amide bonds. The Morgan fingerprint density at radius 3 is 2.44 bits per heavy atom. The normalized spacial score (nSPS) is 10.7. The van der Waals surface area contributed by atoms with Crippen molar-refractivity contribution < 1.29 is 0 Å². The quantitative estimate of drug-likeness (QED) is 0.646. The average molecular weight is 240 g/mol. The second kappa shape index (κ2) is 5.21. The van der Waals surface area contributed by atoms with Gasteiger partial charge in [0.15, 0.2) is 0 Å². The fourth-order valence-corrected chi connectivity index (χ4v) is 2.23. The van der Waals surface area contributed by atoms with Crippen LogP contribution >= 0.6 is 0 Å². The van der Waals surface area contributed by atoms with Gasteiger partial charge in [-0.1, -0.05) is 45.9 Å². The molecule has 0 radical (unpaired) electrons. The van der Waals surface area contributed by atoms with E-state index in [0.29, 0.717) is 5.92 Å². The summed E-state index contributed by atoms with van der Waals surface area (Å²) < 4.78 is 0. The smallest absolute Gasteiger partial charge is 0.0686 e. The SMILES string of the molecule is CC.CC(C)c1nccc2c1[nH]c1ccccc12. The number of aromatic amines is 1. The molecule has 2 heterocycles. The number of rotatable bonds is 1. The van der Waals surface area contributed by atoms with Crippen molar-refractivity contribution in [3.05, 3.63) is 42.2 Å². The third-order valence-electron chi connectivity index (χ3n) is 3.00. The first-order chi connectivity index (χ1) is 8.77. The molecule has 18 heavy (non-hydrogen) atoms. The molecule has 3 rings (SSSR count). The lowest BCUT2D eigenvalue weighted by Gasteiger charge is -2.04. The van der Waals surface area contributed by atoms with Crippen LogP contribution in [-0.4, -0.2) is 9.97 Å². The minimum absolute atomic E-state index is 0.441. The number of nitrogens with one attached hydrogen (secondary N) is 1. The summed E-state index contributed by atoms with van der Waals surface area (Å²) in [6.45, 7) is 8.35. The first kappa shape index (κ1) is 12.6. The van der Waals surface area contributed by atoms with Crippen molar-refractivity contribution in [3.63, 3.8) is 0 Å². The van der Waals surface area contributed by atoms with Crippen LogP contribution in [0.5, 0.6) is 0 Å². The minimum Gasteiger partial charge on any atom is -0.353 e. The van der Waals surface area contributed by atoms with Crippen LogP contribution in [0.3, 0.4) is 0 Å². The van der Waals surface area contributed by atoms with E-state index in [4.69, 9.17) is 0 Å². The first-order valence-electron chi connectivity index (χ1n) is 6.62. The van der Waals surface area contributed by atoms with Crippen molar-refractivity contribution in [3.8, 4) is 0 Å². The monoisotopic (exact) mass is 240 g/mol. The average Bonchev–Trinajstić information content (AvgIpc) is 2.79. The van der Waals surface area contributed by atoms with Crippen molar-refractivity contribution in [2.45, 2.75) is 33.6 Å². The molecule has 1 aromatic carbocycles.